The molecule has 1 aromatic rings. The number of alkyl halides is 3. The van der Waals surface area contributed by atoms with E-state index in [9.17, 15) is 23.1 Å². The molecule has 0 saturated carbocycles. The normalized spacial score (nSPS) is 17.6. The molecule has 8 heteroatoms. The van der Waals surface area contributed by atoms with Gasteiger partial charge in [-0.3, -0.25) is 4.79 Å². The Morgan fingerprint density at radius 3 is 2.38 bits per heavy atom. The molecule has 1 aliphatic heterocycles. The third kappa shape index (κ3) is 3.57. The summed E-state index contributed by atoms with van der Waals surface area (Å²) in [6.45, 7) is -0.109. The summed E-state index contributed by atoms with van der Waals surface area (Å²) in [6.07, 6.45) is 1.12. The summed E-state index contributed by atoms with van der Waals surface area (Å²) < 4.78 is 39.9. The molecule has 128 valence electrons. The van der Waals surface area contributed by atoms with Crippen LogP contribution in [0.5, 0.6) is 0 Å². The highest BCUT2D eigenvalue weighted by molar-refractivity contribution is 5.87. The summed E-state index contributed by atoms with van der Waals surface area (Å²) in [5.41, 5.74) is -4.88. The monoisotopic (exact) mass is 339 g/mol. The molecule has 1 aromatic carbocycles. The number of amides is 1. The van der Waals surface area contributed by atoms with Crippen LogP contribution in [0, 0.1) is 12.3 Å². The number of carbonyl (C=O) groups excluding carboxylic acids is 1. The van der Waals surface area contributed by atoms with Gasteiger partial charge in [-0.2, -0.15) is 23.4 Å². The van der Waals surface area contributed by atoms with Gasteiger partial charge in [0.25, 0.3) is 11.5 Å². The standard InChI is InChI=1S/C16H16F3N3O2/c1-2-3-9-14(21-22-14)10-11-20-13(23)15(24,16(17,18)19)12-7-5-4-6-8-12/h1,4-8,24H,3,9-11H2,(H,20,23). The minimum absolute atomic E-state index is 0.109. The first-order valence-electron chi connectivity index (χ1n) is 7.26. The quantitative estimate of drug-likeness (QED) is 0.749. The number of hydrogen-bond acceptors (Lipinski definition) is 4. The van der Waals surface area contributed by atoms with Crippen molar-refractivity contribution >= 4 is 5.91 Å². The van der Waals surface area contributed by atoms with Crippen molar-refractivity contribution in [2.24, 2.45) is 10.2 Å². The lowest BCUT2D eigenvalue weighted by Gasteiger charge is -2.29. The van der Waals surface area contributed by atoms with Crippen molar-refractivity contribution in [2.45, 2.75) is 36.7 Å². The Hall–Kier alpha value is -2.40. The fourth-order valence-electron chi connectivity index (χ4n) is 2.28. The average molecular weight is 339 g/mol. The van der Waals surface area contributed by atoms with Gasteiger partial charge in [0.15, 0.2) is 5.66 Å². The predicted molar refractivity (Wildman–Crippen MR) is 79.7 cm³/mol. The van der Waals surface area contributed by atoms with Gasteiger partial charge >= 0.3 is 6.18 Å². The smallest absolute Gasteiger partial charge is 0.369 e. The molecule has 0 fully saturated rings. The number of rotatable bonds is 7. The highest BCUT2D eigenvalue weighted by Gasteiger charge is 2.60. The Morgan fingerprint density at radius 2 is 1.88 bits per heavy atom. The van der Waals surface area contributed by atoms with Gasteiger partial charge in [-0.25, -0.2) is 0 Å². The molecule has 0 aromatic heterocycles. The molecule has 24 heavy (non-hydrogen) atoms. The molecule has 0 spiro atoms. The van der Waals surface area contributed by atoms with E-state index in [2.05, 4.69) is 21.5 Å². The van der Waals surface area contributed by atoms with E-state index in [-0.39, 0.29) is 13.0 Å². The van der Waals surface area contributed by atoms with E-state index in [1.165, 1.54) is 18.2 Å². The van der Waals surface area contributed by atoms with Crippen LogP contribution in [0.1, 0.15) is 24.8 Å². The second-order valence-corrected chi connectivity index (χ2v) is 5.47. The highest BCUT2D eigenvalue weighted by atomic mass is 19.4. The predicted octanol–water partition coefficient (Wildman–Crippen LogP) is 2.52. The first-order valence-corrected chi connectivity index (χ1v) is 7.26. The van der Waals surface area contributed by atoms with Crippen LogP contribution in [0.4, 0.5) is 13.2 Å². The summed E-state index contributed by atoms with van der Waals surface area (Å²) in [7, 11) is 0. The number of nitrogens with one attached hydrogen (secondary N) is 1. The molecule has 0 saturated heterocycles. The Balaban J connectivity index is 2.04. The van der Waals surface area contributed by atoms with Crippen molar-refractivity contribution in [3.05, 3.63) is 35.9 Å². The zero-order valence-electron chi connectivity index (χ0n) is 12.7. The molecule has 1 amide bonds. The van der Waals surface area contributed by atoms with Crippen molar-refractivity contribution in [1.82, 2.24) is 5.32 Å². The van der Waals surface area contributed by atoms with Crippen LogP contribution in [0.15, 0.2) is 40.6 Å². The molecule has 1 aliphatic rings. The van der Waals surface area contributed by atoms with Gasteiger partial charge in [-0.15, -0.1) is 12.3 Å². The Labute approximate surface area is 137 Å². The van der Waals surface area contributed by atoms with Crippen LogP contribution in [0.2, 0.25) is 0 Å². The maximum absolute atomic E-state index is 13.3. The van der Waals surface area contributed by atoms with Crippen molar-refractivity contribution in [1.29, 1.82) is 0 Å². The third-order valence-electron chi connectivity index (χ3n) is 3.79. The largest absolute Gasteiger partial charge is 0.430 e. The number of nitrogens with zero attached hydrogens (tertiary/aromatic N) is 2. The number of hydrogen-bond donors (Lipinski definition) is 2. The highest BCUT2D eigenvalue weighted by Crippen LogP contribution is 2.39. The van der Waals surface area contributed by atoms with Gasteiger partial charge in [0, 0.05) is 31.4 Å². The molecule has 1 unspecified atom stereocenters. The van der Waals surface area contributed by atoms with E-state index in [1.807, 2.05) is 0 Å². The minimum Gasteiger partial charge on any atom is -0.369 e. The average Bonchev–Trinajstić information content (AvgIpc) is 3.32. The number of benzene rings is 1. The van der Waals surface area contributed by atoms with Crippen LogP contribution in [-0.2, 0) is 10.4 Å². The SMILES string of the molecule is C#CCCC1(CCNC(=O)C(O)(c2ccccc2)C(F)(F)F)N=N1. The lowest BCUT2D eigenvalue weighted by Crippen LogP contribution is -2.54. The van der Waals surface area contributed by atoms with E-state index < -0.39 is 28.9 Å². The lowest BCUT2D eigenvalue weighted by molar-refractivity contribution is -0.257. The summed E-state index contributed by atoms with van der Waals surface area (Å²) in [5, 5.41) is 19.8. The molecule has 2 N–H and O–H groups in total. The van der Waals surface area contributed by atoms with Crippen LogP contribution in [-0.4, -0.2) is 29.4 Å². The molecule has 0 bridgehead atoms. The van der Waals surface area contributed by atoms with Crippen LogP contribution >= 0.6 is 0 Å². The Morgan fingerprint density at radius 1 is 1.25 bits per heavy atom. The third-order valence-corrected chi connectivity index (χ3v) is 3.79. The Kier molecular flexibility index (Phi) is 4.94. The molecule has 0 radical (unpaired) electrons. The fraction of sp³-hybridized carbons (Fsp3) is 0.438. The first kappa shape index (κ1) is 17.9. The summed E-state index contributed by atoms with van der Waals surface area (Å²) in [5.74, 6) is 0.899. The van der Waals surface area contributed by atoms with Gasteiger partial charge < -0.3 is 10.4 Å². The van der Waals surface area contributed by atoms with Crippen LogP contribution < -0.4 is 5.32 Å². The van der Waals surface area contributed by atoms with Crippen molar-refractivity contribution < 1.29 is 23.1 Å². The van der Waals surface area contributed by atoms with Crippen molar-refractivity contribution in [3.8, 4) is 12.3 Å². The zero-order valence-corrected chi connectivity index (χ0v) is 12.7. The van der Waals surface area contributed by atoms with Crippen molar-refractivity contribution in [2.75, 3.05) is 6.54 Å². The lowest BCUT2D eigenvalue weighted by atomic mass is 9.92. The van der Waals surface area contributed by atoms with E-state index in [0.717, 1.165) is 12.1 Å². The van der Waals surface area contributed by atoms with E-state index in [1.54, 1.807) is 0 Å². The van der Waals surface area contributed by atoms with Gasteiger partial charge in [0.1, 0.15) is 0 Å². The van der Waals surface area contributed by atoms with Gasteiger partial charge in [0.2, 0.25) is 0 Å². The minimum atomic E-state index is -5.16. The first-order chi connectivity index (χ1) is 11.3. The van der Waals surface area contributed by atoms with Crippen molar-refractivity contribution in [3.63, 3.8) is 0 Å². The van der Waals surface area contributed by atoms with Crippen LogP contribution in [0.3, 0.4) is 0 Å². The summed E-state index contributed by atoms with van der Waals surface area (Å²) >= 11 is 0. The fourth-order valence-corrected chi connectivity index (χ4v) is 2.28. The van der Waals surface area contributed by atoms with Gasteiger partial charge in [0.05, 0.1) is 0 Å². The second-order valence-electron chi connectivity index (χ2n) is 5.47. The molecule has 5 nitrogen and oxygen atoms in total. The molecular weight excluding hydrogens is 323 g/mol. The summed E-state index contributed by atoms with van der Waals surface area (Å²) in [4.78, 5) is 12.1. The van der Waals surface area contributed by atoms with E-state index in [4.69, 9.17) is 6.42 Å². The zero-order chi connectivity index (χ0) is 17.8. The van der Waals surface area contributed by atoms with E-state index >= 15 is 0 Å². The summed E-state index contributed by atoms with van der Waals surface area (Å²) in [6, 6.07) is 6.22. The molecular formula is C16H16F3N3O2. The second kappa shape index (κ2) is 6.61. The molecule has 1 heterocycles. The molecule has 1 atom stereocenters. The van der Waals surface area contributed by atoms with Crippen LogP contribution in [0.25, 0.3) is 0 Å². The van der Waals surface area contributed by atoms with E-state index in [0.29, 0.717) is 12.8 Å². The number of terminal acetylenes is 1. The number of carbonyl (C=O) groups is 1. The van der Waals surface area contributed by atoms with Gasteiger partial charge in [-0.1, -0.05) is 30.3 Å². The molecule has 0 aliphatic carbocycles. The Bertz CT molecular complexity index is 661. The topological polar surface area (TPSA) is 74.0 Å². The number of halogens is 3. The molecule has 2 rings (SSSR count). The maximum Gasteiger partial charge on any atom is 0.430 e. The number of aliphatic hydroxyl groups is 1. The maximum atomic E-state index is 13.3. The van der Waals surface area contributed by atoms with Gasteiger partial charge in [-0.05, 0) is 0 Å².